The molecule has 0 N–H and O–H groups in total. The van der Waals surface area contributed by atoms with Gasteiger partial charge in [0, 0.05) is 17.5 Å². The molecule has 0 atom stereocenters. The molecular weight excluding hydrogens is 379 g/mol. The lowest BCUT2D eigenvalue weighted by Crippen LogP contribution is -2.17. The lowest BCUT2D eigenvalue weighted by atomic mass is 10.0. The molecule has 0 aliphatic heterocycles. The van der Waals surface area contributed by atoms with Gasteiger partial charge in [0.2, 0.25) is 0 Å². The van der Waals surface area contributed by atoms with E-state index in [0.29, 0.717) is 0 Å². The van der Waals surface area contributed by atoms with Crippen LogP contribution < -0.4 is 4.80 Å². The van der Waals surface area contributed by atoms with Crippen molar-refractivity contribution in [1.29, 1.82) is 0 Å². The smallest absolute Gasteiger partial charge is 0.190 e. The van der Waals surface area contributed by atoms with Crippen molar-refractivity contribution in [3.8, 4) is 11.3 Å². The van der Waals surface area contributed by atoms with Gasteiger partial charge in [-0.2, -0.15) is 0 Å². The summed E-state index contributed by atoms with van der Waals surface area (Å²) in [6.45, 7) is 5.09. The minimum Gasteiger partial charge on any atom is -0.316 e. The summed E-state index contributed by atoms with van der Waals surface area (Å²) in [5.74, 6) is -0.247. The van der Waals surface area contributed by atoms with Crippen LogP contribution in [0.25, 0.3) is 11.3 Å². The molecule has 0 unspecified atom stereocenters. The van der Waals surface area contributed by atoms with Crippen molar-refractivity contribution < 1.29 is 4.39 Å². The Hall–Kier alpha value is -2.98. The van der Waals surface area contributed by atoms with Crippen molar-refractivity contribution in [2.75, 3.05) is 0 Å². The first kappa shape index (κ1) is 19.3. The van der Waals surface area contributed by atoms with Gasteiger partial charge in [-0.25, -0.2) is 9.38 Å². The molecule has 4 aromatic rings. The summed E-state index contributed by atoms with van der Waals surface area (Å²) in [7, 11) is 0. The zero-order valence-corrected chi connectivity index (χ0v) is 17.4. The molecule has 0 spiro atoms. The maximum atomic E-state index is 13.3. The Balaban J connectivity index is 1.80. The number of nitrogens with zero attached hydrogens (tertiary/aromatic N) is 2. The van der Waals surface area contributed by atoms with Gasteiger partial charge in [-0.1, -0.05) is 48.0 Å². The van der Waals surface area contributed by atoms with Gasteiger partial charge in [0.15, 0.2) is 4.80 Å². The summed E-state index contributed by atoms with van der Waals surface area (Å²) in [5.41, 5.74) is 6.95. The summed E-state index contributed by atoms with van der Waals surface area (Å²) in [4.78, 5) is 5.73. The third-order valence-corrected chi connectivity index (χ3v) is 5.85. The van der Waals surface area contributed by atoms with Crippen molar-refractivity contribution in [1.82, 2.24) is 4.57 Å². The third kappa shape index (κ3) is 4.54. The molecule has 0 saturated carbocycles. The molecule has 0 fully saturated rings. The van der Waals surface area contributed by atoms with Crippen LogP contribution in [0.5, 0.6) is 0 Å². The molecule has 0 amide bonds. The fraction of sp³-hybridized carbons (Fsp3) is 0.160. The van der Waals surface area contributed by atoms with Gasteiger partial charge in [0.1, 0.15) is 5.82 Å². The van der Waals surface area contributed by atoms with Crippen LogP contribution in [0, 0.1) is 19.7 Å². The summed E-state index contributed by atoms with van der Waals surface area (Å²) in [6.07, 6.45) is 0.923. The monoisotopic (exact) mass is 402 g/mol. The maximum Gasteiger partial charge on any atom is 0.190 e. The largest absolute Gasteiger partial charge is 0.316 e. The predicted octanol–water partition coefficient (Wildman–Crippen LogP) is 6.45. The summed E-state index contributed by atoms with van der Waals surface area (Å²) < 4.78 is 15.6. The number of rotatable bonds is 5. The average molecular weight is 403 g/mol. The molecule has 4 rings (SSSR count). The average Bonchev–Trinajstić information content (AvgIpc) is 3.13. The number of benzene rings is 3. The van der Waals surface area contributed by atoms with Crippen molar-refractivity contribution >= 4 is 17.0 Å². The normalized spacial score (nSPS) is 11.8. The number of aromatic nitrogens is 1. The number of thiazole rings is 1. The number of halogens is 1. The van der Waals surface area contributed by atoms with Gasteiger partial charge in [-0.3, -0.25) is 0 Å². The van der Waals surface area contributed by atoms with Crippen LogP contribution >= 0.6 is 11.3 Å². The topological polar surface area (TPSA) is 17.3 Å². The Kier molecular flexibility index (Phi) is 5.72. The predicted molar refractivity (Wildman–Crippen MR) is 119 cm³/mol. The zero-order chi connectivity index (χ0) is 20.2. The first-order valence-electron chi connectivity index (χ1n) is 9.70. The van der Waals surface area contributed by atoms with Crippen LogP contribution in [-0.2, 0) is 13.0 Å². The maximum absolute atomic E-state index is 13.3. The van der Waals surface area contributed by atoms with Crippen LogP contribution in [-0.4, -0.2) is 4.57 Å². The fourth-order valence-corrected chi connectivity index (χ4v) is 4.32. The van der Waals surface area contributed by atoms with E-state index in [4.69, 9.17) is 4.99 Å². The third-order valence-electron chi connectivity index (χ3n) is 4.98. The van der Waals surface area contributed by atoms with E-state index in [1.54, 1.807) is 23.5 Å². The first-order valence-corrected chi connectivity index (χ1v) is 10.6. The van der Waals surface area contributed by atoms with Gasteiger partial charge < -0.3 is 4.57 Å². The Bertz CT molecular complexity index is 1170. The summed E-state index contributed by atoms with van der Waals surface area (Å²) in [6, 6.07) is 23.4. The minimum absolute atomic E-state index is 0.247. The second-order valence-corrected chi connectivity index (χ2v) is 8.03. The number of hydrogen-bond donors (Lipinski definition) is 0. The van der Waals surface area contributed by atoms with E-state index in [-0.39, 0.29) is 5.82 Å². The van der Waals surface area contributed by atoms with Crippen molar-refractivity contribution in [2.24, 2.45) is 4.99 Å². The molecule has 1 aromatic heterocycles. The molecule has 29 heavy (non-hydrogen) atoms. The van der Waals surface area contributed by atoms with Gasteiger partial charge in [-0.15, -0.1) is 11.3 Å². The molecule has 4 heteroatoms. The van der Waals surface area contributed by atoms with Crippen LogP contribution in [0.4, 0.5) is 10.1 Å². The molecule has 0 aliphatic carbocycles. The lowest BCUT2D eigenvalue weighted by molar-refractivity contribution is 0.628. The Morgan fingerprint density at radius 1 is 0.931 bits per heavy atom. The van der Waals surface area contributed by atoms with Gasteiger partial charge in [-0.05, 0) is 61.7 Å². The Morgan fingerprint density at radius 2 is 1.69 bits per heavy atom. The summed E-state index contributed by atoms with van der Waals surface area (Å²) >= 11 is 1.62. The van der Waals surface area contributed by atoms with E-state index in [0.717, 1.165) is 23.5 Å². The quantitative estimate of drug-likeness (QED) is 0.365. The molecule has 0 saturated heterocycles. The highest BCUT2D eigenvalue weighted by Crippen LogP contribution is 2.26. The second kappa shape index (κ2) is 8.58. The second-order valence-electron chi connectivity index (χ2n) is 7.20. The molecule has 0 bridgehead atoms. The van der Waals surface area contributed by atoms with Gasteiger partial charge in [0.05, 0.1) is 11.4 Å². The van der Waals surface area contributed by atoms with Crippen LogP contribution in [0.2, 0.25) is 0 Å². The lowest BCUT2D eigenvalue weighted by Gasteiger charge is -2.12. The molecular formula is C25H23FN2S. The molecule has 3 aromatic carbocycles. The molecule has 146 valence electrons. The molecule has 0 radical (unpaired) electrons. The fourth-order valence-electron chi connectivity index (χ4n) is 3.37. The Labute approximate surface area is 174 Å². The molecule has 2 nitrogen and oxygen atoms in total. The van der Waals surface area contributed by atoms with Crippen molar-refractivity contribution in [3.05, 3.63) is 105 Å². The highest BCUT2D eigenvalue weighted by atomic mass is 32.1. The van der Waals surface area contributed by atoms with Crippen molar-refractivity contribution in [3.63, 3.8) is 0 Å². The molecule has 0 aliphatic rings. The van der Waals surface area contributed by atoms with Crippen LogP contribution in [0.3, 0.4) is 0 Å². The molecule has 1 heterocycles. The SMILES string of the molecule is Cc1ccc(C)c(-c2csc(=Nc3ccc(F)cc3)n2CCc2ccccc2)c1. The zero-order valence-electron chi connectivity index (χ0n) is 16.6. The number of aryl methyl sites for hydroxylation is 3. The van der Waals surface area contributed by atoms with Crippen LogP contribution in [0.15, 0.2) is 83.2 Å². The van der Waals surface area contributed by atoms with E-state index in [1.165, 1.54) is 40.1 Å². The summed E-state index contributed by atoms with van der Waals surface area (Å²) in [5, 5.41) is 2.18. The number of hydrogen-bond acceptors (Lipinski definition) is 2. The minimum atomic E-state index is -0.247. The van der Waals surface area contributed by atoms with Crippen molar-refractivity contribution in [2.45, 2.75) is 26.8 Å². The van der Waals surface area contributed by atoms with Gasteiger partial charge in [0.25, 0.3) is 0 Å². The standard InChI is InChI=1S/C25H23FN2S/c1-18-8-9-19(2)23(16-18)24-17-29-25(27-22-12-10-21(26)11-13-22)28(24)15-14-20-6-4-3-5-7-20/h3-13,16-17H,14-15H2,1-2H3. The van der Waals surface area contributed by atoms with E-state index in [9.17, 15) is 4.39 Å². The van der Waals surface area contributed by atoms with Gasteiger partial charge >= 0.3 is 0 Å². The van der Waals surface area contributed by atoms with Crippen LogP contribution in [0.1, 0.15) is 16.7 Å². The van der Waals surface area contributed by atoms with E-state index in [1.807, 2.05) is 6.07 Å². The first-order chi connectivity index (χ1) is 14.1. The van der Waals surface area contributed by atoms with E-state index >= 15 is 0 Å². The van der Waals surface area contributed by atoms with E-state index < -0.39 is 0 Å². The highest BCUT2D eigenvalue weighted by molar-refractivity contribution is 7.07. The Morgan fingerprint density at radius 3 is 2.45 bits per heavy atom. The highest BCUT2D eigenvalue weighted by Gasteiger charge is 2.11. The van der Waals surface area contributed by atoms with E-state index in [2.05, 4.69) is 66.3 Å².